The zero-order valence-electron chi connectivity index (χ0n) is 14.7. The Morgan fingerprint density at radius 2 is 1.93 bits per heavy atom. The van der Waals surface area contributed by atoms with Gasteiger partial charge in [-0.25, -0.2) is 4.98 Å². The Hall–Kier alpha value is -2.93. The number of nitrogens with zero attached hydrogens (tertiary/aromatic N) is 3. The molecule has 0 saturated carbocycles. The number of aromatic nitrogens is 2. The van der Waals surface area contributed by atoms with Gasteiger partial charge in [0.25, 0.3) is 0 Å². The Balaban J connectivity index is 1.29. The first-order chi connectivity index (χ1) is 13.3. The lowest BCUT2D eigenvalue weighted by Gasteiger charge is -2.31. The first-order valence-corrected chi connectivity index (χ1v) is 9.79. The van der Waals surface area contributed by atoms with Gasteiger partial charge in [-0.3, -0.25) is 9.78 Å². The summed E-state index contributed by atoms with van der Waals surface area (Å²) >= 11 is 1.64. The molecule has 1 aromatic carbocycles. The molecule has 0 bridgehead atoms. The van der Waals surface area contributed by atoms with E-state index in [1.165, 1.54) is 0 Å². The normalized spacial score (nSPS) is 14.7. The minimum atomic E-state index is 0.0348. The lowest BCUT2D eigenvalue weighted by atomic mass is 9.96. The van der Waals surface area contributed by atoms with Crippen LogP contribution < -0.4 is 15.0 Å². The number of rotatable bonds is 5. The highest BCUT2D eigenvalue weighted by atomic mass is 32.1. The van der Waals surface area contributed by atoms with E-state index in [1.807, 2.05) is 48.0 Å². The predicted octanol–water partition coefficient (Wildman–Crippen LogP) is 4.19. The Morgan fingerprint density at radius 3 is 2.59 bits per heavy atom. The molecule has 27 heavy (non-hydrogen) atoms. The molecule has 0 spiro atoms. The van der Waals surface area contributed by atoms with Crippen molar-refractivity contribution in [3.8, 4) is 11.5 Å². The molecule has 1 fully saturated rings. The number of hydrogen-bond acceptors (Lipinski definition) is 6. The zero-order valence-corrected chi connectivity index (χ0v) is 15.6. The van der Waals surface area contributed by atoms with Gasteiger partial charge in [0.2, 0.25) is 5.91 Å². The Labute approximate surface area is 161 Å². The molecule has 0 unspecified atom stereocenters. The molecule has 0 atom stereocenters. The molecule has 138 valence electrons. The number of amides is 1. The minimum absolute atomic E-state index is 0.0348. The number of nitrogens with one attached hydrogen (secondary N) is 1. The molecule has 1 amide bonds. The second-order valence-corrected chi connectivity index (χ2v) is 7.25. The number of benzene rings is 1. The van der Waals surface area contributed by atoms with E-state index in [0.29, 0.717) is 11.5 Å². The van der Waals surface area contributed by atoms with Gasteiger partial charge in [-0.15, -0.1) is 11.3 Å². The molecule has 4 rings (SSSR count). The topological polar surface area (TPSA) is 67.3 Å². The fourth-order valence-electron chi connectivity index (χ4n) is 3.10. The molecule has 6 nitrogen and oxygen atoms in total. The Bertz CT molecular complexity index is 861. The molecule has 3 aromatic rings. The number of anilines is 2. The molecule has 3 heterocycles. The monoisotopic (exact) mass is 380 g/mol. The van der Waals surface area contributed by atoms with Crippen molar-refractivity contribution in [3.05, 3.63) is 60.4 Å². The second-order valence-electron chi connectivity index (χ2n) is 6.38. The van der Waals surface area contributed by atoms with Crippen molar-refractivity contribution in [1.82, 2.24) is 9.97 Å². The van der Waals surface area contributed by atoms with Crippen molar-refractivity contribution in [1.29, 1.82) is 0 Å². The van der Waals surface area contributed by atoms with Gasteiger partial charge in [0.15, 0.2) is 5.13 Å². The molecule has 2 aromatic heterocycles. The SMILES string of the molecule is O=C(Nc1ccc(Oc2cccnc2)cc1)C1CCN(c2nccs2)CC1. The summed E-state index contributed by atoms with van der Waals surface area (Å²) < 4.78 is 5.72. The van der Waals surface area contributed by atoms with Crippen LogP contribution in [-0.4, -0.2) is 29.0 Å². The van der Waals surface area contributed by atoms with Crippen molar-refractivity contribution in [3.63, 3.8) is 0 Å². The third kappa shape index (κ3) is 4.43. The predicted molar refractivity (Wildman–Crippen MR) is 106 cm³/mol. The van der Waals surface area contributed by atoms with E-state index in [0.717, 1.165) is 36.8 Å². The van der Waals surface area contributed by atoms with Crippen LogP contribution in [0.4, 0.5) is 10.8 Å². The summed E-state index contributed by atoms with van der Waals surface area (Å²) in [5.41, 5.74) is 0.779. The third-order valence-electron chi connectivity index (χ3n) is 4.55. The summed E-state index contributed by atoms with van der Waals surface area (Å²) in [5, 5.41) is 6.04. The van der Waals surface area contributed by atoms with Gasteiger partial charge in [-0.1, -0.05) is 0 Å². The van der Waals surface area contributed by atoms with Crippen LogP contribution in [0.3, 0.4) is 0 Å². The van der Waals surface area contributed by atoms with Gasteiger partial charge in [0.05, 0.1) is 6.20 Å². The van der Waals surface area contributed by atoms with Crippen LogP contribution >= 0.6 is 11.3 Å². The van der Waals surface area contributed by atoms with Gasteiger partial charge >= 0.3 is 0 Å². The van der Waals surface area contributed by atoms with Crippen LogP contribution in [-0.2, 0) is 4.79 Å². The molecular weight excluding hydrogens is 360 g/mol. The van der Waals surface area contributed by atoms with Crippen LogP contribution in [0.5, 0.6) is 11.5 Å². The summed E-state index contributed by atoms with van der Waals surface area (Å²) in [6, 6.07) is 11.1. The summed E-state index contributed by atoms with van der Waals surface area (Å²) in [6.07, 6.45) is 6.86. The molecule has 1 N–H and O–H groups in total. The van der Waals surface area contributed by atoms with Crippen molar-refractivity contribution in [2.45, 2.75) is 12.8 Å². The van der Waals surface area contributed by atoms with Gasteiger partial charge < -0.3 is 15.0 Å². The van der Waals surface area contributed by atoms with Crippen molar-refractivity contribution in [2.24, 2.45) is 5.92 Å². The summed E-state index contributed by atoms with van der Waals surface area (Å²) in [6.45, 7) is 1.73. The highest BCUT2D eigenvalue weighted by Crippen LogP contribution is 2.26. The van der Waals surface area contributed by atoms with Gasteiger partial charge in [0.1, 0.15) is 11.5 Å². The van der Waals surface area contributed by atoms with Crippen molar-refractivity contribution < 1.29 is 9.53 Å². The molecule has 7 heteroatoms. The van der Waals surface area contributed by atoms with Gasteiger partial charge in [-0.05, 0) is 49.2 Å². The number of carbonyl (C=O) groups excluding carboxylic acids is 1. The molecule has 0 aliphatic carbocycles. The smallest absolute Gasteiger partial charge is 0.227 e. The average Bonchev–Trinajstić information content (AvgIpc) is 3.25. The van der Waals surface area contributed by atoms with E-state index < -0.39 is 0 Å². The maximum Gasteiger partial charge on any atom is 0.227 e. The zero-order chi connectivity index (χ0) is 18.5. The molecule has 1 aliphatic rings. The third-order valence-corrected chi connectivity index (χ3v) is 5.38. The molecule has 1 saturated heterocycles. The van der Waals surface area contributed by atoms with Crippen LogP contribution in [0.2, 0.25) is 0 Å². The molecule has 1 aliphatic heterocycles. The summed E-state index contributed by atoms with van der Waals surface area (Å²) in [7, 11) is 0. The Morgan fingerprint density at radius 1 is 1.11 bits per heavy atom. The van der Waals surface area contributed by atoms with E-state index in [-0.39, 0.29) is 11.8 Å². The average molecular weight is 380 g/mol. The number of piperidine rings is 1. The first-order valence-electron chi connectivity index (χ1n) is 8.91. The van der Waals surface area contributed by atoms with Crippen LogP contribution in [0, 0.1) is 5.92 Å². The number of ether oxygens (including phenoxy) is 1. The van der Waals surface area contributed by atoms with Gasteiger partial charge in [0, 0.05) is 42.5 Å². The number of thiazole rings is 1. The summed E-state index contributed by atoms with van der Waals surface area (Å²) in [5.74, 6) is 1.50. The highest BCUT2D eigenvalue weighted by Gasteiger charge is 2.26. The number of hydrogen-bond donors (Lipinski definition) is 1. The quantitative estimate of drug-likeness (QED) is 0.719. The molecular formula is C20H20N4O2S. The fraction of sp³-hybridized carbons (Fsp3) is 0.250. The van der Waals surface area contributed by atoms with E-state index in [4.69, 9.17) is 4.74 Å². The van der Waals surface area contributed by atoms with E-state index in [2.05, 4.69) is 20.2 Å². The lowest BCUT2D eigenvalue weighted by Crippen LogP contribution is -2.38. The van der Waals surface area contributed by atoms with E-state index in [9.17, 15) is 4.79 Å². The second kappa shape index (κ2) is 8.18. The fourth-order valence-corrected chi connectivity index (χ4v) is 3.80. The van der Waals surface area contributed by atoms with E-state index >= 15 is 0 Å². The van der Waals surface area contributed by atoms with Crippen molar-refractivity contribution in [2.75, 3.05) is 23.3 Å². The van der Waals surface area contributed by atoms with Crippen LogP contribution in [0.25, 0.3) is 0 Å². The van der Waals surface area contributed by atoms with Crippen LogP contribution in [0.1, 0.15) is 12.8 Å². The van der Waals surface area contributed by atoms with Crippen LogP contribution in [0.15, 0.2) is 60.4 Å². The number of carbonyl (C=O) groups is 1. The Kier molecular flexibility index (Phi) is 5.29. The standard InChI is InChI=1S/C20H20N4O2S/c25-19(15-7-11-24(12-8-15)20-22-10-13-27-20)23-16-3-5-17(6-4-16)26-18-2-1-9-21-14-18/h1-6,9-10,13-15H,7-8,11-12H2,(H,23,25). The summed E-state index contributed by atoms with van der Waals surface area (Å²) in [4.78, 5) is 23.2. The highest BCUT2D eigenvalue weighted by molar-refractivity contribution is 7.13. The maximum atomic E-state index is 12.6. The van der Waals surface area contributed by atoms with Gasteiger partial charge in [-0.2, -0.15) is 0 Å². The lowest BCUT2D eigenvalue weighted by molar-refractivity contribution is -0.120. The minimum Gasteiger partial charge on any atom is -0.456 e. The molecule has 0 radical (unpaired) electrons. The first kappa shape index (κ1) is 17.5. The number of pyridine rings is 1. The largest absolute Gasteiger partial charge is 0.456 e. The maximum absolute atomic E-state index is 12.6. The van der Waals surface area contributed by atoms with Crippen molar-refractivity contribution >= 4 is 28.1 Å². The van der Waals surface area contributed by atoms with E-state index in [1.54, 1.807) is 23.7 Å².